The molecule has 2 aliphatic heterocycles. The summed E-state index contributed by atoms with van der Waals surface area (Å²) in [6.45, 7) is 3.05. The van der Waals surface area contributed by atoms with Gasteiger partial charge in [0.15, 0.2) is 0 Å². The predicted octanol–water partition coefficient (Wildman–Crippen LogP) is 0.835. The molecule has 0 aromatic carbocycles. The van der Waals surface area contributed by atoms with Gasteiger partial charge in [0.05, 0.1) is 5.92 Å². The van der Waals surface area contributed by atoms with Crippen molar-refractivity contribution in [1.29, 1.82) is 0 Å². The number of carboxylic acid groups (broad SMARTS) is 1. The Labute approximate surface area is 78.2 Å². The number of fused-ring (bicyclic) bond motifs is 2. The molecule has 2 heterocycles. The zero-order valence-corrected chi connectivity index (χ0v) is 7.72. The van der Waals surface area contributed by atoms with E-state index < -0.39 is 5.97 Å². The molecule has 0 saturated carbocycles. The number of carbonyl (C=O) groups is 1. The van der Waals surface area contributed by atoms with E-state index in [2.05, 4.69) is 4.90 Å². The van der Waals surface area contributed by atoms with Gasteiger partial charge in [0.25, 0.3) is 0 Å². The third kappa shape index (κ3) is 1.72. The molecule has 3 atom stereocenters. The highest BCUT2D eigenvalue weighted by molar-refractivity contribution is 5.85. The van der Waals surface area contributed by atoms with Gasteiger partial charge in [-0.2, -0.15) is 0 Å². The molecule has 0 spiro atoms. The molecule has 2 saturated heterocycles. The first kappa shape index (κ1) is 9.81. The zero-order chi connectivity index (χ0) is 7.84. The summed E-state index contributed by atoms with van der Waals surface area (Å²) in [6, 6.07) is 0. The van der Waals surface area contributed by atoms with Gasteiger partial charge in [0.1, 0.15) is 0 Å². The standard InChI is InChI=1S/C8H13NO2.ClH/c10-8(11)7-3-6-1-2-9(4-6)5-7;/h6-7H,1-5H2,(H,10,11);1H. The van der Waals surface area contributed by atoms with E-state index in [0.29, 0.717) is 5.92 Å². The van der Waals surface area contributed by atoms with Gasteiger partial charge in [-0.05, 0) is 25.3 Å². The van der Waals surface area contributed by atoms with Crippen LogP contribution in [-0.4, -0.2) is 35.6 Å². The summed E-state index contributed by atoms with van der Waals surface area (Å²) in [6.07, 6.45) is 2.12. The zero-order valence-electron chi connectivity index (χ0n) is 6.90. The van der Waals surface area contributed by atoms with Crippen molar-refractivity contribution in [3.05, 3.63) is 0 Å². The summed E-state index contributed by atoms with van der Waals surface area (Å²) in [5.41, 5.74) is 0. The highest BCUT2D eigenvalue weighted by Gasteiger charge is 2.35. The number of hydrogen-bond acceptors (Lipinski definition) is 2. The fourth-order valence-electron chi connectivity index (χ4n) is 2.24. The lowest BCUT2D eigenvalue weighted by Crippen LogP contribution is -2.36. The molecule has 3 nitrogen and oxygen atoms in total. The SMILES string of the molecule is Cl.O=C(O)C1CC2CCN(C2)C1. The Bertz CT molecular complexity index is 174. The number of hydrogen-bond donors (Lipinski definition) is 1. The van der Waals surface area contributed by atoms with Crippen LogP contribution in [0.1, 0.15) is 12.8 Å². The van der Waals surface area contributed by atoms with Crippen LogP contribution in [0.4, 0.5) is 0 Å². The average Bonchev–Trinajstić information content (AvgIpc) is 2.30. The van der Waals surface area contributed by atoms with Crippen molar-refractivity contribution in [3.63, 3.8) is 0 Å². The lowest BCUT2D eigenvalue weighted by Gasteiger charge is -2.26. The fourth-order valence-corrected chi connectivity index (χ4v) is 2.24. The Morgan fingerprint density at radius 3 is 2.75 bits per heavy atom. The van der Waals surface area contributed by atoms with Crippen LogP contribution in [0.3, 0.4) is 0 Å². The minimum atomic E-state index is -0.610. The molecule has 2 bridgehead atoms. The third-order valence-corrected chi connectivity index (χ3v) is 2.82. The summed E-state index contributed by atoms with van der Waals surface area (Å²) in [4.78, 5) is 12.9. The molecule has 0 aromatic rings. The molecule has 0 aromatic heterocycles. The Hall–Kier alpha value is -0.280. The normalized spacial score (nSPS) is 38.8. The van der Waals surface area contributed by atoms with Gasteiger partial charge >= 0.3 is 5.97 Å². The molecule has 0 aliphatic carbocycles. The van der Waals surface area contributed by atoms with Gasteiger partial charge in [-0.25, -0.2) is 0 Å². The van der Waals surface area contributed by atoms with E-state index in [0.717, 1.165) is 26.1 Å². The van der Waals surface area contributed by atoms with Crippen LogP contribution < -0.4 is 0 Å². The third-order valence-electron chi connectivity index (χ3n) is 2.82. The fraction of sp³-hybridized carbons (Fsp3) is 0.875. The van der Waals surface area contributed by atoms with E-state index in [1.165, 1.54) is 6.42 Å². The second-order valence-electron chi connectivity index (χ2n) is 3.69. The molecule has 0 radical (unpaired) electrons. The topological polar surface area (TPSA) is 40.5 Å². The first-order chi connectivity index (χ1) is 5.25. The van der Waals surface area contributed by atoms with Crippen molar-refractivity contribution in [1.82, 2.24) is 4.90 Å². The largest absolute Gasteiger partial charge is 0.481 e. The van der Waals surface area contributed by atoms with Crippen molar-refractivity contribution in [2.75, 3.05) is 19.6 Å². The van der Waals surface area contributed by atoms with E-state index in [4.69, 9.17) is 5.11 Å². The van der Waals surface area contributed by atoms with Gasteiger partial charge in [0, 0.05) is 13.1 Å². The van der Waals surface area contributed by atoms with Crippen LogP contribution in [-0.2, 0) is 4.79 Å². The highest BCUT2D eigenvalue weighted by atomic mass is 35.5. The van der Waals surface area contributed by atoms with Crippen LogP contribution >= 0.6 is 12.4 Å². The van der Waals surface area contributed by atoms with Gasteiger partial charge < -0.3 is 10.0 Å². The summed E-state index contributed by atoms with van der Waals surface area (Å²) >= 11 is 0. The molecular formula is C8H14ClNO2. The maximum absolute atomic E-state index is 10.6. The smallest absolute Gasteiger partial charge is 0.307 e. The number of piperidine rings is 1. The van der Waals surface area contributed by atoms with Gasteiger partial charge in [0.2, 0.25) is 0 Å². The van der Waals surface area contributed by atoms with Gasteiger partial charge in [-0.3, -0.25) is 4.79 Å². The first-order valence-electron chi connectivity index (χ1n) is 4.21. The summed E-state index contributed by atoms with van der Waals surface area (Å²) in [7, 11) is 0. The summed E-state index contributed by atoms with van der Waals surface area (Å²) in [5, 5.41) is 8.77. The van der Waals surface area contributed by atoms with E-state index in [9.17, 15) is 4.79 Å². The number of aliphatic carboxylic acids is 1. The van der Waals surface area contributed by atoms with E-state index in [1.54, 1.807) is 0 Å². The Morgan fingerprint density at radius 1 is 1.42 bits per heavy atom. The molecule has 1 N–H and O–H groups in total. The molecular weight excluding hydrogens is 178 g/mol. The molecule has 4 heteroatoms. The van der Waals surface area contributed by atoms with Crippen molar-refractivity contribution in [2.24, 2.45) is 11.8 Å². The molecule has 0 amide bonds. The predicted molar refractivity (Wildman–Crippen MR) is 47.5 cm³/mol. The summed E-state index contributed by atoms with van der Waals surface area (Å²) < 4.78 is 0. The highest BCUT2D eigenvalue weighted by Crippen LogP contribution is 2.30. The van der Waals surface area contributed by atoms with Crippen molar-refractivity contribution < 1.29 is 9.90 Å². The number of nitrogens with zero attached hydrogens (tertiary/aromatic N) is 1. The summed E-state index contributed by atoms with van der Waals surface area (Å²) in [5.74, 6) is -0.0253. The van der Waals surface area contributed by atoms with Crippen LogP contribution in [0, 0.1) is 11.8 Å². The molecule has 2 rings (SSSR count). The second-order valence-corrected chi connectivity index (χ2v) is 3.69. The van der Waals surface area contributed by atoms with E-state index in [1.807, 2.05) is 0 Å². The van der Waals surface area contributed by atoms with Crippen LogP contribution in [0.25, 0.3) is 0 Å². The molecule has 2 aliphatic rings. The van der Waals surface area contributed by atoms with Gasteiger partial charge in [-0.1, -0.05) is 0 Å². The quantitative estimate of drug-likeness (QED) is 0.668. The Kier molecular flexibility index (Phi) is 2.96. The monoisotopic (exact) mass is 191 g/mol. The number of halogens is 1. The van der Waals surface area contributed by atoms with Crippen LogP contribution in [0.2, 0.25) is 0 Å². The van der Waals surface area contributed by atoms with Crippen molar-refractivity contribution >= 4 is 18.4 Å². The first-order valence-corrected chi connectivity index (χ1v) is 4.21. The van der Waals surface area contributed by atoms with Crippen LogP contribution in [0.5, 0.6) is 0 Å². The Morgan fingerprint density at radius 2 is 2.17 bits per heavy atom. The number of rotatable bonds is 1. The van der Waals surface area contributed by atoms with Gasteiger partial charge in [-0.15, -0.1) is 12.4 Å². The molecule has 70 valence electrons. The van der Waals surface area contributed by atoms with E-state index in [-0.39, 0.29) is 18.3 Å². The molecule has 2 fully saturated rings. The van der Waals surface area contributed by atoms with Crippen molar-refractivity contribution in [3.8, 4) is 0 Å². The van der Waals surface area contributed by atoms with E-state index >= 15 is 0 Å². The minimum Gasteiger partial charge on any atom is -0.481 e. The number of carboxylic acids is 1. The van der Waals surface area contributed by atoms with Crippen molar-refractivity contribution in [2.45, 2.75) is 12.8 Å². The maximum Gasteiger partial charge on any atom is 0.307 e. The second kappa shape index (κ2) is 3.62. The molecule has 12 heavy (non-hydrogen) atoms. The van der Waals surface area contributed by atoms with Crippen LogP contribution in [0.15, 0.2) is 0 Å². The lowest BCUT2D eigenvalue weighted by molar-refractivity contribution is -0.143. The lowest BCUT2D eigenvalue weighted by atomic mass is 9.92. The maximum atomic E-state index is 10.6. The molecule has 3 unspecified atom stereocenters. The minimum absolute atomic E-state index is 0. The average molecular weight is 192 g/mol. The Balaban J connectivity index is 0.000000720.